The number of benzene rings is 2. The van der Waals surface area contributed by atoms with Crippen LogP contribution in [0, 0.1) is 5.82 Å². The highest BCUT2D eigenvalue weighted by Crippen LogP contribution is 2.29. The minimum Gasteiger partial charge on any atom is -0.381 e. The number of hydrogen-bond acceptors (Lipinski definition) is 3. The Morgan fingerprint density at radius 2 is 1.86 bits per heavy atom. The summed E-state index contributed by atoms with van der Waals surface area (Å²) in [7, 11) is 0. The second-order valence-electron chi connectivity index (χ2n) is 7.84. The number of anilines is 1. The van der Waals surface area contributed by atoms with Crippen LogP contribution < -0.4 is 5.32 Å². The molecule has 1 aliphatic carbocycles. The zero-order valence-electron chi connectivity index (χ0n) is 15.9. The predicted octanol–water partition coefficient (Wildman–Crippen LogP) is 4.19. The van der Waals surface area contributed by atoms with Crippen molar-refractivity contribution in [1.29, 1.82) is 0 Å². The zero-order valence-corrected chi connectivity index (χ0v) is 15.9. The quantitative estimate of drug-likeness (QED) is 0.725. The molecule has 0 bridgehead atoms. The van der Waals surface area contributed by atoms with Gasteiger partial charge in [-0.25, -0.2) is 9.07 Å². The van der Waals surface area contributed by atoms with Crippen molar-refractivity contribution >= 4 is 5.69 Å². The van der Waals surface area contributed by atoms with Crippen LogP contribution in [-0.2, 0) is 19.4 Å². The summed E-state index contributed by atoms with van der Waals surface area (Å²) in [5, 5.41) is 8.58. The van der Waals surface area contributed by atoms with Gasteiger partial charge < -0.3 is 5.32 Å². The summed E-state index contributed by atoms with van der Waals surface area (Å²) in [5.41, 5.74) is 6.05. The lowest BCUT2D eigenvalue weighted by Crippen LogP contribution is -2.26. The van der Waals surface area contributed by atoms with E-state index in [1.165, 1.54) is 41.2 Å². The topological polar surface area (TPSA) is 33.1 Å². The van der Waals surface area contributed by atoms with Crippen molar-refractivity contribution in [2.45, 2.75) is 38.3 Å². The third-order valence-corrected chi connectivity index (χ3v) is 5.87. The first-order valence-electron chi connectivity index (χ1n) is 10.2. The molecule has 1 N–H and O–H groups in total. The average molecular weight is 376 g/mol. The first-order valence-corrected chi connectivity index (χ1v) is 10.2. The van der Waals surface area contributed by atoms with Crippen molar-refractivity contribution in [3.05, 3.63) is 77.4 Å². The monoisotopic (exact) mass is 376 g/mol. The Kier molecular flexibility index (Phi) is 4.61. The summed E-state index contributed by atoms with van der Waals surface area (Å²) in [6, 6.07) is 17.6. The van der Waals surface area contributed by atoms with Gasteiger partial charge in [0, 0.05) is 37.1 Å². The molecule has 2 heterocycles. The van der Waals surface area contributed by atoms with Gasteiger partial charge in [-0.1, -0.05) is 18.2 Å². The van der Waals surface area contributed by atoms with Crippen molar-refractivity contribution in [2.24, 2.45) is 0 Å². The Balaban J connectivity index is 1.31. The normalized spacial score (nSPS) is 19.1. The molecule has 144 valence electrons. The maximum absolute atomic E-state index is 13.3. The molecule has 1 atom stereocenters. The van der Waals surface area contributed by atoms with Crippen molar-refractivity contribution in [1.82, 2.24) is 14.7 Å². The average Bonchev–Trinajstić information content (AvgIpc) is 3.42. The minimum absolute atomic E-state index is 0.207. The van der Waals surface area contributed by atoms with Gasteiger partial charge in [-0.15, -0.1) is 0 Å². The fourth-order valence-corrected chi connectivity index (χ4v) is 4.51. The summed E-state index contributed by atoms with van der Waals surface area (Å²) in [5.74, 6) is -0.207. The van der Waals surface area contributed by atoms with Gasteiger partial charge in [-0.3, -0.25) is 4.90 Å². The highest BCUT2D eigenvalue weighted by Gasteiger charge is 2.27. The summed E-state index contributed by atoms with van der Waals surface area (Å²) in [6.07, 6.45) is 4.48. The molecular weight excluding hydrogens is 351 g/mol. The van der Waals surface area contributed by atoms with Crippen LogP contribution >= 0.6 is 0 Å². The number of hydrogen-bond donors (Lipinski definition) is 1. The lowest BCUT2D eigenvalue weighted by Gasteiger charge is -2.17. The van der Waals surface area contributed by atoms with E-state index in [2.05, 4.69) is 34.5 Å². The van der Waals surface area contributed by atoms with Gasteiger partial charge in [0.15, 0.2) is 0 Å². The summed E-state index contributed by atoms with van der Waals surface area (Å²) >= 11 is 0. The van der Waals surface area contributed by atoms with Crippen LogP contribution in [-0.4, -0.2) is 33.8 Å². The highest BCUT2D eigenvalue weighted by molar-refractivity contribution is 5.44. The highest BCUT2D eigenvalue weighted by atomic mass is 19.1. The second kappa shape index (κ2) is 7.40. The third kappa shape index (κ3) is 3.42. The fourth-order valence-electron chi connectivity index (χ4n) is 4.51. The molecule has 1 aliphatic heterocycles. The number of nitrogens with zero attached hydrogens (tertiary/aromatic N) is 3. The Morgan fingerprint density at radius 3 is 2.68 bits per heavy atom. The van der Waals surface area contributed by atoms with Gasteiger partial charge in [0.2, 0.25) is 0 Å². The maximum atomic E-state index is 13.3. The van der Waals surface area contributed by atoms with E-state index in [9.17, 15) is 4.39 Å². The number of para-hydroxylation sites is 1. The van der Waals surface area contributed by atoms with E-state index in [0.717, 1.165) is 44.6 Å². The predicted molar refractivity (Wildman–Crippen MR) is 109 cm³/mol. The van der Waals surface area contributed by atoms with Gasteiger partial charge >= 0.3 is 0 Å². The van der Waals surface area contributed by atoms with E-state index in [1.807, 2.05) is 22.9 Å². The van der Waals surface area contributed by atoms with Crippen LogP contribution in [0.4, 0.5) is 10.1 Å². The summed E-state index contributed by atoms with van der Waals surface area (Å²) in [6.45, 7) is 3.01. The fraction of sp³-hybridized carbons (Fsp3) is 0.348. The molecule has 4 nitrogen and oxygen atoms in total. The molecule has 3 aromatic rings. The number of nitrogens with one attached hydrogen (secondary N) is 1. The van der Waals surface area contributed by atoms with Crippen LogP contribution in [0.15, 0.2) is 54.6 Å². The van der Waals surface area contributed by atoms with E-state index in [4.69, 9.17) is 5.10 Å². The van der Waals surface area contributed by atoms with Gasteiger partial charge in [0.05, 0.1) is 11.4 Å². The van der Waals surface area contributed by atoms with Crippen LogP contribution in [0.3, 0.4) is 0 Å². The first kappa shape index (κ1) is 17.4. The minimum atomic E-state index is -0.207. The maximum Gasteiger partial charge on any atom is 0.123 e. The molecule has 2 aromatic carbocycles. The van der Waals surface area contributed by atoms with Gasteiger partial charge in [-0.2, -0.15) is 5.10 Å². The second-order valence-corrected chi connectivity index (χ2v) is 7.84. The van der Waals surface area contributed by atoms with Crippen LogP contribution in [0.25, 0.3) is 5.69 Å². The molecule has 1 fully saturated rings. The Bertz CT molecular complexity index is 949. The van der Waals surface area contributed by atoms with E-state index in [0.29, 0.717) is 6.04 Å². The van der Waals surface area contributed by atoms with Crippen molar-refractivity contribution in [3.8, 4) is 5.69 Å². The lowest BCUT2D eigenvalue weighted by molar-refractivity contribution is 0.322. The smallest absolute Gasteiger partial charge is 0.123 e. The summed E-state index contributed by atoms with van der Waals surface area (Å²) < 4.78 is 15.3. The molecule has 1 saturated heterocycles. The lowest BCUT2D eigenvalue weighted by atomic mass is 10.2. The largest absolute Gasteiger partial charge is 0.381 e. The standard InChI is InChI=1S/C23H25FN4/c24-17-9-11-20(12-10-17)28-23-8-4-7-21(23)22(26-28)16-27-14-13-19(15-27)25-18-5-2-1-3-6-18/h1-3,5-6,9-12,19,25H,4,7-8,13-16H2. The molecule has 2 aliphatic rings. The number of rotatable bonds is 5. The van der Waals surface area contributed by atoms with Gasteiger partial charge in [-0.05, 0) is 67.6 Å². The molecule has 0 amide bonds. The molecule has 0 saturated carbocycles. The Morgan fingerprint density at radius 1 is 1.04 bits per heavy atom. The van der Waals surface area contributed by atoms with E-state index >= 15 is 0 Å². The molecule has 1 aromatic heterocycles. The van der Waals surface area contributed by atoms with Crippen molar-refractivity contribution < 1.29 is 4.39 Å². The van der Waals surface area contributed by atoms with E-state index in [-0.39, 0.29) is 5.82 Å². The van der Waals surface area contributed by atoms with Gasteiger partial charge in [0.25, 0.3) is 0 Å². The number of fused-ring (bicyclic) bond motifs is 1. The first-order chi connectivity index (χ1) is 13.8. The third-order valence-electron chi connectivity index (χ3n) is 5.87. The van der Waals surface area contributed by atoms with E-state index in [1.54, 1.807) is 0 Å². The zero-order chi connectivity index (χ0) is 18.9. The Hall–Kier alpha value is -2.66. The van der Waals surface area contributed by atoms with E-state index < -0.39 is 0 Å². The molecule has 1 unspecified atom stereocenters. The Labute approximate surface area is 165 Å². The summed E-state index contributed by atoms with van der Waals surface area (Å²) in [4.78, 5) is 2.50. The molecular formula is C23H25FN4. The number of aromatic nitrogens is 2. The van der Waals surface area contributed by atoms with Gasteiger partial charge in [0.1, 0.15) is 5.82 Å². The molecule has 5 rings (SSSR count). The van der Waals surface area contributed by atoms with Crippen molar-refractivity contribution in [3.63, 3.8) is 0 Å². The molecule has 0 spiro atoms. The van der Waals surface area contributed by atoms with Crippen LogP contribution in [0.1, 0.15) is 29.8 Å². The number of likely N-dealkylation sites (tertiary alicyclic amines) is 1. The van der Waals surface area contributed by atoms with Crippen molar-refractivity contribution in [2.75, 3.05) is 18.4 Å². The molecule has 28 heavy (non-hydrogen) atoms. The molecule has 5 heteroatoms. The van der Waals surface area contributed by atoms with Crippen LogP contribution in [0.5, 0.6) is 0 Å². The van der Waals surface area contributed by atoms with Crippen LogP contribution in [0.2, 0.25) is 0 Å². The molecule has 0 radical (unpaired) electrons. The SMILES string of the molecule is Fc1ccc(-n2nc(CN3CCC(Nc4ccccc4)C3)c3c2CCC3)cc1. The number of halogens is 1.